The Bertz CT molecular complexity index is 324. The van der Waals surface area contributed by atoms with Crippen LogP contribution in [0, 0.1) is 0 Å². The summed E-state index contributed by atoms with van der Waals surface area (Å²) in [6.07, 6.45) is 2.31. The average Bonchev–Trinajstić information content (AvgIpc) is 2.35. The maximum Gasteiger partial charge on any atom is 0.214 e. The van der Waals surface area contributed by atoms with Crippen molar-refractivity contribution < 1.29 is 8.42 Å². The van der Waals surface area contributed by atoms with Crippen LogP contribution in [0.4, 0.5) is 0 Å². The average molecular weight is 277 g/mol. The van der Waals surface area contributed by atoms with Crippen LogP contribution >= 0.6 is 0 Å². The van der Waals surface area contributed by atoms with Crippen LogP contribution in [-0.2, 0) is 10.0 Å². The van der Waals surface area contributed by atoms with E-state index in [9.17, 15) is 8.42 Å². The summed E-state index contributed by atoms with van der Waals surface area (Å²) in [4.78, 5) is 2.22. The van der Waals surface area contributed by atoms with Crippen LogP contribution in [0.5, 0.6) is 0 Å². The first kappa shape index (κ1) is 15.9. The highest BCUT2D eigenvalue weighted by molar-refractivity contribution is 7.90. The van der Waals surface area contributed by atoms with Gasteiger partial charge < -0.3 is 10.2 Å². The molecule has 2 N–H and O–H groups in total. The minimum atomic E-state index is -3.11. The van der Waals surface area contributed by atoms with Crippen molar-refractivity contribution in [3.05, 3.63) is 0 Å². The van der Waals surface area contributed by atoms with E-state index in [4.69, 9.17) is 0 Å². The summed E-state index contributed by atoms with van der Waals surface area (Å²) in [5, 5.41) is 2.98. The lowest BCUT2D eigenvalue weighted by Crippen LogP contribution is -2.42. The van der Waals surface area contributed by atoms with Crippen molar-refractivity contribution in [1.82, 2.24) is 14.9 Å². The summed E-state index contributed by atoms with van der Waals surface area (Å²) in [5.41, 5.74) is 0. The molecule has 1 fully saturated rings. The minimum absolute atomic E-state index is 0.207. The Kier molecular flexibility index (Phi) is 6.55. The molecule has 0 atom stereocenters. The smallest absolute Gasteiger partial charge is 0.214 e. The van der Waals surface area contributed by atoms with Crippen molar-refractivity contribution in [2.24, 2.45) is 0 Å². The van der Waals surface area contributed by atoms with Crippen molar-refractivity contribution in [2.75, 3.05) is 33.2 Å². The second-order valence-electron chi connectivity index (χ2n) is 5.32. The van der Waals surface area contributed by atoms with Gasteiger partial charge in [-0.2, -0.15) is 0 Å². The Hall–Kier alpha value is -0.170. The van der Waals surface area contributed by atoms with Crippen LogP contribution < -0.4 is 10.0 Å². The van der Waals surface area contributed by atoms with Gasteiger partial charge >= 0.3 is 0 Å². The summed E-state index contributed by atoms with van der Waals surface area (Å²) in [7, 11) is -1.05. The normalized spacial score (nSPS) is 18.7. The van der Waals surface area contributed by atoms with E-state index in [1.54, 1.807) is 0 Å². The number of rotatable bonds is 7. The van der Waals surface area contributed by atoms with Gasteiger partial charge in [-0.25, -0.2) is 13.1 Å². The van der Waals surface area contributed by atoms with Crippen LogP contribution in [0.15, 0.2) is 0 Å². The Morgan fingerprint density at radius 1 is 1.33 bits per heavy atom. The third-order valence-electron chi connectivity index (χ3n) is 3.60. The number of nitrogens with zero attached hydrogens (tertiary/aromatic N) is 1. The molecule has 0 amide bonds. The largest absolute Gasteiger partial charge is 0.317 e. The van der Waals surface area contributed by atoms with E-state index >= 15 is 0 Å². The van der Waals surface area contributed by atoms with Crippen LogP contribution in [-0.4, -0.2) is 57.8 Å². The molecule has 1 rings (SSSR count). The number of nitrogens with one attached hydrogen (secondary N) is 2. The molecule has 0 aromatic rings. The van der Waals surface area contributed by atoms with E-state index in [2.05, 4.69) is 35.8 Å². The molecule has 0 spiro atoms. The van der Waals surface area contributed by atoms with Crippen molar-refractivity contribution in [1.29, 1.82) is 0 Å². The van der Waals surface area contributed by atoms with Gasteiger partial charge in [0.25, 0.3) is 0 Å². The van der Waals surface area contributed by atoms with Crippen molar-refractivity contribution in [2.45, 2.75) is 44.4 Å². The molecular formula is C12H27N3O2S. The molecule has 1 heterocycles. The molecule has 1 saturated heterocycles. The maximum atomic E-state index is 12.0. The molecule has 18 heavy (non-hydrogen) atoms. The third kappa shape index (κ3) is 5.22. The molecule has 0 radical (unpaired) electrons. The van der Waals surface area contributed by atoms with Crippen LogP contribution in [0.2, 0.25) is 0 Å². The summed E-state index contributed by atoms with van der Waals surface area (Å²) in [6, 6.07) is 0.506. The van der Waals surface area contributed by atoms with E-state index in [1.807, 2.05) is 0 Å². The Morgan fingerprint density at radius 3 is 2.50 bits per heavy atom. The minimum Gasteiger partial charge on any atom is -0.317 e. The summed E-state index contributed by atoms with van der Waals surface area (Å²) in [5.74, 6) is 0. The Labute approximate surface area is 111 Å². The fraction of sp³-hybridized carbons (Fsp3) is 1.00. The zero-order valence-corrected chi connectivity index (χ0v) is 12.6. The second kappa shape index (κ2) is 7.43. The highest BCUT2D eigenvalue weighted by Crippen LogP contribution is 2.11. The fourth-order valence-corrected chi connectivity index (χ4v) is 3.55. The van der Waals surface area contributed by atoms with E-state index in [0.29, 0.717) is 12.6 Å². The number of sulfonamides is 1. The van der Waals surface area contributed by atoms with Gasteiger partial charge in [0.2, 0.25) is 10.0 Å². The molecule has 0 saturated carbocycles. The molecule has 0 aromatic heterocycles. The lowest BCUT2D eigenvalue weighted by Gasteiger charge is -2.24. The SMILES string of the molecule is CC(C)N(C)CCCNS(=O)(=O)C1CCNCC1. The monoisotopic (exact) mass is 277 g/mol. The van der Waals surface area contributed by atoms with E-state index < -0.39 is 10.0 Å². The molecule has 5 nitrogen and oxygen atoms in total. The lowest BCUT2D eigenvalue weighted by molar-refractivity contribution is 0.271. The Balaban J connectivity index is 2.25. The molecule has 0 aliphatic carbocycles. The topological polar surface area (TPSA) is 61.4 Å². The molecule has 1 aliphatic heterocycles. The van der Waals surface area contributed by atoms with Crippen LogP contribution in [0.25, 0.3) is 0 Å². The van der Waals surface area contributed by atoms with Gasteiger partial charge in [0.05, 0.1) is 5.25 Å². The zero-order valence-electron chi connectivity index (χ0n) is 11.8. The number of hydrogen-bond donors (Lipinski definition) is 2. The van der Waals surface area contributed by atoms with E-state index in [-0.39, 0.29) is 5.25 Å². The van der Waals surface area contributed by atoms with Gasteiger partial charge in [-0.1, -0.05) is 0 Å². The molecule has 0 aromatic carbocycles. The van der Waals surface area contributed by atoms with Gasteiger partial charge in [-0.3, -0.25) is 0 Å². The first-order valence-corrected chi connectivity index (χ1v) is 8.37. The molecule has 0 unspecified atom stereocenters. The highest BCUT2D eigenvalue weighted by Gasteiger charge is 2.26. The van der Waals surface area contributed by atoms with E-state index in [1.165, 1.54) is 0 Å². The number of piperidine rings is 1. The van der Waals surface area contributed by atoms with Gasteiger partial charge in [0, 0.05) is 12.6 Å². The standard InChI is InChI=1S/C12H27N3O2S/c1-11(2)15(3)10-4-7-14-18(16,17)12-5-8-13-9-6-12/h11-14H,4-10H2,1-3H3. The van der Waals surface area contributed by atoms with Gasteiger partial charge in [-0.05, 0) is 59.8 Å². The maximum absolute atomic E-state index is 12.0. The van der Waals surface area contributed by atoms with Crippen molar-refractivity contribution in [3.63, 3.8) is 0 Å². The summed E-state index contributed by atoms with van der Waals surface area (Å²) in [6.45, 7) is 7.36. The quantitative estimate of drug-likeness (QED) is 0.661. The highest BCUT2D eigenvalue weighted by atomic mass is 32.2. The van der Waals surface area contributed by atoms with Crippen LogP contribution in [0.1, 0.15) is 33.1 Å². The zero-order chi connectivity index (χ0) is 13.6. The number of hydrogen-bond acceptors (Lipinski definition) is 4. The van der Waals surface area contributed by atoms with Gasteiger partial charge in [-0.15, -0.1) is 0 Å². The lowest BCUT2D eigenvalue weighted by atomic mass is 10.2. The molecule has 0 bridgehead atoms. The summed E-state index contributed by atoms with van der Waals surface area (Å²) >= 11 is 0. The van der Waals surface area contributed by atoms with Gasteiger partial charge in [0.1, 0.15) is 0 Å². The van der Waals surface area contributed by atoms with Crippen molar-refractivity contribution >= 4 is 10.0 Å². The first-order valence-electron chi connectivity index (χ1n) is 6.83. The molecule has 1 aliphatic rings. The second-order valence-corrected chi connectivity index (χ2v) is 7.36. The van der Waals surface area contributed by atoms with Crippen LogP contribution in [0.3, 0.4) is 0 Å². The molecule has 6 heteroatoms. The predicted molar refractivity (Wildman–Crippen MR) is 75.2 cm³/mol. The fourth-order valence-electron chi connectivity index (χ4n) is 2.02. The Morgan fingerprint density at radius 2 is 1.94 bits per heavy atom. The third-order valence-corrected chi connectivity index (χ3v) is 5.55. The van der Waals surface area contributed by atoms with Gasteiger partial charge in [0.15, 0.2) is 0 Å². The molecule has 108 valence electrons. The summed E-state index contributed by atoms with van der Waals surface area (Å²) < 4.78 is 26.8. The van der Waals surface area contributed by atoms with E-state index in [0.717, 1.165) is 38.9 Å². The van der Waals surface area contributed by atoms with Crippen molar-refractivity contribution in [3.8, 4) is 0 Å². The first-order chi connectivity index (χ1) is 8.43. The predicted octanol–water partition coefficient (Wildman–Crippen LogP) is 0.388. The molecular weight excluding hydrogens is 250 g/mol.